The summed E-state index contributed by atoms with van der Waals surface area (Å²) in [5, 5.41) is 2.94. The SMILES string of the molecule is CCCCc1nc(CCCS(=O)(=O)O)nc(Nc2ccc(S(=O)(=O)O)cc2)n1. The van der Waals surface area contributed by atoms with Crippen molar-refractivity contribution in [1.82, 2.24) is 15.0 Å². The fraction of sp³-hybridized carbons (Fsp3) is 0.438. The van der Waals surface area contributed by atoms with Crippen LogP contribution in [0.3, 0.4) is 0 Å². The predicted molar refractivity (Wildman–Crippen MR) is 103 cm³/mol. The first kappa shape index (κ1) is 22.1. The third-order valence-corrected chi connectivity index (χ3v) is 5.37. The minimum Gasteiger partial charge on any atom is -0.324 e. The zero-order valence-corrected chi connectivity index (χ0v) is 16.9. The summed E-state index contributed by atoms with van der Waals surface area (Å²) in [6, 6.07) is 5.39. The molecule has 12 heteroatoms. The highest BCUT2D eigenvalue weighted by molar-refractivity contribution is 7.86. The summed E-state index contributed by atoms with van der Waals surface area (Å²) in [7, 11) is -8.33. The lowest BCUT2D eigenvalue weighted by atomic mass is 10.2. The average Bonchev–Trinajstić information content (AvgIpc) is 2.58. The van der Waals surface area contributed by atoms with Gasteiger partial charge in [-0.1, -0.05) is 13.3 Å². The van der Waals surface area contributed by atoms with Gasteiger partial charge in [0.2, 0.25) is 5.95 Å². The number of rotatable bonds is 10. The van der Waals surface area contributed by atoms with E-state index in [2.05, 4.69) is 20.3 Å². The third-order valence-electron chi connectivity index (χ3n) is 3.69. The molecule has 0 spiro atoms. The maximum absolute atomic E-state index is 11.1. The third kappa shape index (κ3) is 7.46. The van der Waals surface area contributed by atoms with Gasteiger partial charge in [-0.3, -0.25) is 9.11 Å². The van der Waals surface area contributed by atoms with Crippen LogP contribution in [0.25, 0.3) is 0 Å². The minimum absolute atomic E-state index is 0.165. The molecule has 0 amide bonds. The van der Waals surface area contributed by atoms with Crippen LogP contribution in [0.2, 0.25) is 0 Å². The number of hydrogen-bond donors (Lipinski definition) is 3. The maximum Gasteiger partial charge on any atom is 0.294 e. The van der Waals surface area contributed by atoms with Gasteiger partial charge in [0, 0.05) is 18.5 Å². The van der Waals surface area contributed by atoms with Crippen LogP contribution in [-0.4, -0.2) is 46.6 Å². The van der Waals surface area contributed by atoms with Gasteiger partial charge in [-0.15, -0.1) is 0 Å². The smallest absolute Gasteiger partial charge is 0.294 e. The lowest BCUT2D eigenvalue weighted by Gasteiger charge is -2.09. The first-order valence-corrected chi connectivity index (χ1v) is 11.7. The van der Waals surface area contributed by atoms with Crippen molar-refractivity contribution in [2.24, 2.45) is 0 Å². The van der Waals surface area contributed by atoms with Crippen molar-refractivity contribution in [2.45, 2.75) is 43.9 Å². The van der Waals surface area contributed by atoms with E-state index in [1.54, 1.807) is 0 Å². The number of nitrogens with zero attached hydrogens (tertiary/aromatic N) is 3. The first-order valence-electron chi connectivity index (χ1n) is 8.60. The van der Waals surface area contributed by atoms with E-state index in [1.165, 1.54) is 24.3 Å². The zero-order valence-electron chi connectivity index (χ0n) is 15.2. The fourth-order valence-corrected chi connectivity index (χ4v) is 3.32. The number of aryl methyl sites for hydroxylation is 2. The van der Waals surface area contributed by atoms with Crippen molar-refractivity contribution in [2.75, 3.05) is 11.1 Å². The molecule has 3 N–H and O–H groups in total. The van der Waals surface area contributed by atoms with Crippen LogP contribution >= 0.6 is 0 Å². The second-order valence-corrected chi connectivity index (χ2v) is 9.10. The van der Waals surface area contributed by atoms with Crippen LogP contribution in [-0.2, 0) is 33.1 Å². The largest absolute Gasteiger partial charge is 0.324 e. The Morgan fingerprint density at radius 3 is 1.96 bits per heavy atom. The molecule has 1 aromatic carbocycles. The molecule has 1 aromatic heterocycles. The number of hydrogen-bond acceptors (Lipinski definition) is 8. The second kappa shape index (κ2) is 9.37. The van der Waals surface area contributed by atoms with E-state index < -0.39 is 20.2 Å². The van der Waals surface area contributed by atoms with Gasteiger partial charge in [-0.2, -0.15) is 26.8 Å². The van der Waals surface area contributed by atoms with E-state index in [9.17, 15) is 16.8 Å². The summed E-state index contributed by atoms with van der Waals surface area (Å²) >= 11 is 0. The van der Waals surface area contributed by atoms with E-state index in [0.717, 1.165) is 12.8 Å². The van der Waals surface area contributed by atoms with Gasteiger partial charge in [-0.25, -0.2) is 4.98 Å². The Kier molecular flexibility index (Phi) is 7.41. The Morgan fingerprint density at radius 2 is 1.46 bits per heavy atom. The summed E-state index contributed by atoms with van der Waals surface area (Å²) < 4.78 is 61.8. The summed E-state index contributed by atoms with van der Waals surface area (Å²) in [4.78, 5) is 12.7. The summed E-state index contributed by atoms with van der Waals surface area (Å²) in [5.74, 6) is 0.795. The molecule has 0 radical (unpaired) electrons. The average molecular weight is 431 g/mol. The van der Waals surface area contributed by atoms with Crippen LogP contribution in [0.5, 0.6) is 0 Å². The summed E-state index contributed by atoms with van der Waals surface area (Å²) in [5.41, 5.74) is 0.504. The standard InChI is InChI=1S/C16H22N4O6S2/c1-2-3-5-14-18-15(6-4-11-27(21,22)23)20-16(19-14)17-12-7-9-13(10-8-12)28(24,25)26/h7-10H,2-6,11H2,1H3,(H,21,22,23)(H,24,25,26)(H,17,18,19,20). The molecule has 2 rings (SSSR count). The van der Waals surface area contributed by atoms with Gasteiger partial charge in [0.15, 0.2) is 0 Å². The lowest BCUT2D eigenvalue weighted by Crippen LogP contribution is -2.10. The summed E-state index contributed by atoms with van der Waals surface area (Å²) in [6.45, 7) is 2.03. The van der Waals surface area contributed by atoms with Crippen LogP contribution in [0.15, 0.2) is 29.2 Å². The van der Waals surface area contributed by atoms with Crippen molar-refractivity contribution >= 4 is 31.9 Å². The molecule has 10 nitrogen and oxygen atoms in total. The topological polar surface area (TPSA) is 159 Å². The molecular weight excluding hydrogens is 408 g/mol. The van der Waals surface area contributed by atoms with Gasteiger partial charge < -0.3 is 5.32 Å². The molecule has 0 bridgehead atoms. The molecule has 0 unspecified atom stereocenters. The Morgan fingerprint density at radius 1 is 0.893 bits per heavy atom. The van der Waals surface area contributed by atoms with Crippen molar-refractivity contribution in [3.63, 3.8) is 0 Å². The molecule has 2 aromatic rings. The molecule has 0 atom stereocenters. The monoisotopic (exact) mass is 430 g/mol. The Hall–Kier alpha value is -2.15. The number of unbranched alkanes of at least 4 members (excludes halogenated alkanes) is 1. The van der Waals surface area contributed by atoms with Gasteiger partial charge in [-0.05, 0) is 37.1 Å². The molecule has 0 saturated carbocycles. The quantitative estimate of drug-likeness (QED) is 0.476. The molecule has 0 aliphatic heterocycles. The molecule has 154 valence electrons. The maximum atomic E-state index is 11.1. The van der Waals surface area contributed by atoms with Crippen molar-refractivity contribution in [3.8, 4) is 0 Å². The number of anilines is 2. The Balaban J connectivity index is 2.20. The predicted octanol–water partition coefficient (Wildman–Crippen LogP) is 2.02. The highest BCUT2D eigenvalue weighted by atomic mass is 32.2. The Labute approximate surface area is 164 Å². The fourth-order valence-electron chi connectivity index (χ4n) is 2.33. The van der Waals surface area contributed by atoms with E-state index in [4.69, 9.17) is 9.11 Å². The second-order valence-electron chi connectivity index (χ2n) is 6.11. The van der Waals surface area contributed by atoms with Crippen molar-refractivity contribution in [3.05, 3.63) is 35.9 Å². The van der Waals surface area contributed by atoms with E-state index in [0.29, 0.717) is 23.8 Å². The van der Waals surface area contributed by atoms with Gasteiger partial charge in [0.1, 0.15) is 11.6 Å². The highest BCUT2D eigenvalue weighted by Gasteiger charge is 2.11. The van der Waals surface area contributed by atoms with Crippen LogP contribution in [0.1, 0.15) is 37.8 Å². The van der Waals surface area contributed by atoms with Crippen LogP contribution < -0.4 is 5.32 Å². The number of aromatic nitrogens is 3. The molecule has 0 saturated heterocycles. The van der Waals surface area contributed by atoms with Gasteiger partial charge in [0.05, 0.1) is 10.6 Å². The molecule has 0 aliphatic carbocycles. The van der Waals surface area contributed by atoms with E-state index >= 15 is 0 Å². The highest BCUT2D eigenvalue weighted by Crippen LogP contribution is 2.17. The van der Waals surface area contributed by atoms with Crippen molar-refractivity contribution < 1.29 is 25.9 Å². The van der Waals surface area contributed by atoms with E-state index in [1.807, 2.05) is 6.92 Å². The van der Waals surface area contributed by atoms with Gasteiger partial charge in [0.25, 0.3) is 20.2 Å². The summed E-state index contributed by atoms with van der Waals surface area (Å²) in [6.07, 6.45) is 2.86. The molecule has 0 fully saturated rings. The Bertz CT molecular complexity index is 1010. The zero-order chi connectivity index (χ0) is 20.8. The molecule has 0 aliphatic rings. The number of nitrogens with one attached hydrogen (secondary N) is 1. The molecular formula is C16H22N4O6S2. The van der Waals surface area contributed by atoms with Gasteiger partial charge >= 0.3 is 0 Å². The minimum atomic E-state index is -4.28. The van der Waals surface area contributed by atoms with Crippen LogP contribution in [0.4, 0.5) is 11.6 Å². The van der Waals surface area contributed by atoms with Crippen LogP contribution in [0, 0.1) is 0 Å². The molecule has 1 heterocycles. The normalized spacial score (nSPS) is 12.1. The number of benzene rings is 1. The lowest BCUT2D eigenvalue weighted by molar-refractivity contribution is 0.479. The molecule has 28 heavy (non-hydrogen) atoms. The first-order chi connectivity index (χ1) is 13.1. The van der Waals surface area contributed by atoms with Crippen molar-refractivity contribution in [1.29, 1.82) is 0 Å². The van der Waals surface area contributed by atoms with E-state index in [-0.39, 0.29) is 29.4 Å².